The molecule has 1 N–H and O–H groups in total. The summed E-state index contributed by atoms with van der Waals surface area (Å²) in [7, 11) is 2.96. The van der Waals surface area contributed by atoms with Gasteiger partial charge in [0.05, 0.1) is 24.8 Å². The van der Waals surface area contributed by atoms with E-state index < -0.39 is 0 Å². The number of ether oxygens (including phenoxy) is 2. The summed E-state index contributed by atoms with van der Waals surface area (Å²) in [6.45, 7) is 1.93. The number of aromatic hydroxyl groups is 1. The number of allylic oxidation sites excluding steroid dienone is 1. The van der Waals surface area contributed by atoms with Crippen LogP contribution in [0.2, 0.25) is 5.02 Å². The average Bonchev–Trinajstić information content (AvgIpc) is 2.55. The highest BCUT2D eigenvalue weighted by Gasteiger charge is 2.11. The number of aryl methyl sites for hydroxylation is 1. The van der Waals surface area contributed by atoms with Gasteiger partial charge in [-0.2, -0.15) is 0 Å². The second kappa shape index (κ2) is 7.20. The molecule has 5 heteroatoms. The van der Waals surface area contributed by atoms with Crippen molar-refractivity contribution in [2.75, 3.05) is 14.2 Å². The van der Waals surface area contributed by atoms with Crippen molar-refractivity contribution in [3.63, 3.8) is 0 Å². The highest BCUT2D eigenvalue weighted by molar-refractivity contribution is 6.32. The third-order valence-electron chi connectivity index (χ3n) is 3.32. The summed E-state index contributed by atoms with van der Waals surface area (Å²) in [6.07, 6.45) is 3.03. The normalized spacial score (nSPS) is 10.8. The van der Waals surface area contributed by atoms with Crippen LogP contribution in [0.4, 0.5) is 0 Å². The van der Waals surface area contributed by atoms with E-state index in [-0.39, 0.29) is 22.3 Å². The van der Waals surface area contributed by atoms with Crippen molar-refractivity contribution in [2.45, 2.75) is 6.92 Å². The van der Waals surface area contributed by atoms with Crippen LogP contribution >= 0.6 is 11.6 Å². The van der Waals surface area contributed by atoms with E-state index in [1.807, 2.05) is 19.1 Å². The number of carbonyl (C=O) groups excluding carboxylic acids is 1. The maximum Gasteiger partial charge on any atom is 0.189 e. The Bertz CT molecular complexity index is 766. The lowest BCUT2D eigenvalue weighted by Gasteiger charge is -2.07. The van der Waals surface area contributed by atoms with Crippen LogP contribution in [0.15, 0.2) is 36.4 Å². The van der Waals surface area contributed by atoms with Crippen LogP contribution in [-0.2, 0) is 0 Å². The first kappa shape index (κ1) is 16.9. The highest BCUT2D eigenvalue weighted by Crippen LogP contribution is 2.35. The van der Waals surface area contributed by atoms with Gasteiger partial charge in [-0.3, -0.25) is 4.79 Å². The van der Waals surface area contributed by atoms with Crippen molar-refractivity contribution in [3.8, 4) is 17.2 Å². The van der Waals surface area contributed by atoms with Crippen molar-refractivity contribution < 1.29 is 19.4 Å². The zero-order chi connectivity index (χ0) is 17.0. The van der Waals surface area contributed by atoms with Crippen molar-refractivity contribution >= 4 is 23.5 Å². The minimum absolute atomic E-state index is 0.127. The Kier molecular flexibility index (Phi) is 5.29. The van der Waals surface area contributed by atoms with E-state index in [0.29, 0.717) is 16.9 Å². The van der Waals surface area contributed by atoms with Crippen LogP contribution in [0.5, 0.6) is 17.2 Å². The monoisotopic (exact) mass is 332 g/mol. The summed E-state index contributed by atoms with van der Waals surface area (Å²) in [5, 5.41) is 9.86. The molecular weight excluding hydrogens is 316 g/mol. The van der Waals surface area contributed by atoms with Crippen LogP contribution in [-0.4, -0.2) is 25.1 Å². The van der Waals surface area contributed by atoms with Crippen LogP contribution in [0, 0.1) is 6.92 Å². The first-order valence-corrected chi connectivity index (χ1v) is 7.27. The largest absolute Gasteiger partial charge is 0.503 e. The third-order valence-corrected chi connectivity index (χ3v) is 3.61. The number of carbonyl (C=O) groups is 1. The fraction of sp³-hybridized carbons (Fsp3) is 0.167. The third kappa shape index (κ3) is 3.85. The molecule has 0 unspecified atom stereocenters. The summed E-state index contributed by atoms with van der Waals surface area (Å²) in [6, 6.07) is 8.53. The predicted octanol–water partition coefficient (Wildman–Crippen LogP) is 4.27. The van der Waals surface area contributed by atoms with Gasteiger partial charge in [0, 0.05) is 0 Å². The number of halogens is 1. The highest BCUT2D eigenvalue weighted by atomic mass is 35.5. The van der Waals surface area contributed by atoms with E-state index in [4.69, 9.17) is 21.1 Å². The molecule has 2 aromatic carbocycles. The lowest BCUT2D eigenvalue weighted by molar-refractivity contribution is 0.104. The lowest BCUT2D eigenvalue weighted by atomic mass is 10.1. The van der Waals surface area contributed by atoms with Gasteiger partial charge in [-0.25, -0.2) is 0 Å². The molecule has 0 aliphatic carbocycles. The fourth-order valence-electron chi connectivity index (χ4n) is 2.11. The smallest absolute Gasteiger partial charge is 0.189 e. The van der Waals surface area contributed by atoms with Gasteiger partial charge < -0.3 is 14.6 Å². The minimum Gasteiger partial charge on any atom is -0.503 e. The number of phenols is 1. The van der Waals surface area contributed by atoms with Crippen LogP contribution in [0.25, 0.3) is 6.08 Å². The molecule has 0 aromatic heterocycles. The molecule has 0 saturated heterocycles. The number of benzene rings is 2. The first-order chi connectivity index (χ1) is 11.0. The number of phenolic OH excluding ortho intramolecular Hbond substituents is 1. The molecule has 0 aliphatic rings. The van der Waals surface area contributed by atoms with E-state index >= 15 is 0 Å². The van der Waals surface area contributed by atoms with E-state index in [0.717, 1.165) is 5.56 Å². The summed E-state index contributed by atoms with van der Waals surface area (Å²) in [4.78, 5) is 12.3. The molecule has 4 nitrogen and oxygen atoms in total. The SMILES string of the molecule is COc1cc(C)ccc1C(=O)/C=C/c1cc(Cl)c(O)c(OC)c1. The quantitative estimate of drug-likeness (QED) is 0.656. The topological polar surface area (TPSA) is 55.8 Å². The standard InChI is InChI=1S/C18H17ClO4/c1-11-4-6-13(16(8-11)22-2)15(20)7-5-12-9-14(19)18(21)17(10-12)23-3/h4-10,21H,1-3H3/b7-5+. The van der Waals surface area contributed by atoms with Crippen molar-refractivity contribution in [1.82, 2.24) is 0 Å². The molecule has 0 saturated carbocycles. The van der Waals surface area contributed by atoms with Crippen LogP contribution < -0.4 is 9.47 Å². The average molecular weight is 333 g/mol. The Balaban J connectivity index is 2.30. The zero-order valence-corrected chi connectivity index (χ0v) is 13.8. The molecule has 23 heavy (non-hydrogen) atoms. The molecule has 120 valence electrons. The van der Waals surface area contributed by atoms with Crippen molar-refractivity contribution in [1.29, 1.82) is 0 Å². The van der Waals surface area contributed by atoms with E-state index in [9.17, 15) is 9.90 Å². The Labute approximate surface area is 139 Å². The molecule has 0 fully saturated rings. The maximum absolute atomic E-state index is 12.3. The molecule has 2 aromatic rings. The molecule has 2 rings (SSSR count). The Hall–Kier alpha value is -2.46. The predicted molar refractivity (Wildman–Crippen MR) is 90.8 cm³/mol. The Morgan fingerprint density at radius 1 is 1.13 bits per heavy atom. The summed E-state index contributed by atoms with van der Waals surface area (Å²) >= 11 is 5.93. The minimum atomic E-state index is -0.190. The molecule has 0 bridgehead atoms. The van der Waals surface area contributed by atoms with Gasteiger partial charge in [0.15, 0.2) is 17.3 Å². The number of hydrogen-bond acceptors (Lipinski definition) is 4. The molecule has 0 amide bonds. The summed E-state index contributed by atoms with van der Waals surface area (Å²) < 4.78 is 10.3. The van der Waals surface area contributed by atoms with Gasteiger partial charge in [0.1, 0.15) is 5.75 Å². The van der Waals surface area contributed by atoms with Crippen LogP contribution in [0.3, 0.4) is 0 Å². The van der Waals surface area contributed by atoms with Gasteiger partial charge >= 0.3 is 0 Å². The first-order valence-electron chi connectivity index (χ1n) is 6.89. The Morgan fingerprint density at radius 2 is 1.83 bits per heavy atom. The van der Waals surface area contributed by atoms with Gasteiger partial charge in [-0.15, -0.1) is 0 Å². The zero-order valence-electron chi connectivity index (χ0n) is 13.1. The number of hydrogen-bond donors (Lipinski definition) is 1. The van der Waals surface area contributed by atoms with Gasteiger partial charge in [0.2, 0.25) is 0 Å². The summed E-state index contributed by atoms with van der Waals surface area (Å²) in [5.74, 6) is 0.460. The maximum atomic E-state index is 12.3. The van der Waals surface area contributed by atoms with Crippen molar-refractivity contribution in [3.05, 3.63) is 58.1 Å². The second-order valence-electron chi connectivity index (χ2n) is 4.95. The second-order valence-corrected chi connectivity index (χ2v) is 5.36. The molecule has 0 spiro atoms. The Morgan fingerprint density at radius 3 is 2.48 bits per heavy atom. The molecular formula is C18H17ClO4. The number of ketones is 1. The number of methoxy groups -OCH3 is 2. The summed E-state index contributed by atoms with van der Waals surface area (Å²) in [5.41, 5.74) is 2.13. The van der Waals surface area contributed by atoms with Crippen LogP contribution in [0.1, 0.15) is 21.5 Å². The lowest BCUT2D eigenvalue weighted by Crippen LogP contribution is -1.99. The van der Waals surface area contributed by atoms with Gasteiger partial charge in [-0.05, 0) is 48.4 Å². The van der Waals surface area contributed by atoms with Gasteiger partial charge in [-0.1, -0.05) is 23.7 Å². The molecule has 0 atom stereocenters. The fourth-order valence-corrected chi connectivity index (χ4v) is 2.33. The van der Waals surface area contributed by atoms with E-state index in [2.05, 4.69) is 0 Å². The van der Waals surface area contributed by atoms with E-state index in [1.54, 1.807) is 24.3 Å². The number of rotatable bonds is 5. The van der Waals surface area contributed by atoms with Crippen molar-refractivity contribution in [2.24, 2.45) is 0 Å². The molecule has 0 radical (unpaired) electrons. The van der Waals surface area contributed by atoms with Gasteiger partial charge in [0.25, 0.3) is 0 Å². The molecule has 0 aliphatic heterocycles. The molecule has 0 heterocycles. The van der Waals surface area contributed by atoms with E-state index in [1.165, 1.54) is 20.3 Å².